The minimum atomic E-state index is 0.140. The van der Waals surface area contributed by atoms with E-state index in [0.717, 1.165) is 23.7 Å². The zero-order valence-corrected chi connectivity index (χ0v) is 10.5. The zero-order chi connectivity index (χ0) is 12.8. The van der Waals surface area contributed by atoms with E-state index in [1.807, 2.05) is 37.4 Å². The number of benzene rings is 1. The Kier molecular flexibility index (Phi) is 4.36. The Bertz CT molecular complexity index is 494. The fourth-order valence-corrected chi connectivity index (χ4v) is 1.87. The molecule has 0 spiro atoms. The van der Waals surface area contributed by atoms with Crippen molar-refractivity contribution < 1.29 is 9.84 Å². The van der Waals surface area contributed by atoms with Gasteiger partial charge in [-0.05, 0) is 25.0 Å². The van der Waals surface area contributed by atoms with Gasteiger partial charge >= 0.3 is 0 Å². The molecular formula is C14H18N2O2. The number of hydrogen-bond acceptors (Lipinski definition) is 3. The average Bonchev–Trinajstić information content (AvgIpc) is 2.78. The Balaban J connectivity index is 1.92. The molecule has 1 aromatic heterocycles. The van der Waals surface area contributed by atoms with E-state index in [4.69, 9.17) is 9.84 Å². The largest absolute Gasteiger partial charge is 0.491 e. The number of hydrogen-bond donors (Lipinski definition) is 1. The van der Waals surface area contributed by atoms with Gasteiger partial charge in [0.1, 0.15) is 18.2 Å². The summed E-state index contributed by atoms with van der Waals surface area (Å²) in [5.41, 5.74) is 1.04. The Morgan fingerprint density at radius 1 is 1.33 bits per heavy atom. The van der Waals surface area contributed by atoms with Gasteiger partial charge in [-0.3, -0.25) is 0 Å². The highest BCUT2D eigenvalue weighted by molar-refractivity contribution is 5.33. The van der Waals surface area contributed by atoms with Crippen LogP contribution in [0.5, 0.6) is 5.75 Å². The van der Waals surface area contributed by atoms with Crippen LogP contribution in [-0.2, 0) is 13.0 Å². The van der Waals surface area contributed by atoms with E-state index in [1.165, 1.54) is 0 Å². The number of aromatic nitrogens is 2. The fraction of sp³-hybridized carbons (Fsp3) is 0.357. The molecule has 0 atom stereocenters. The Morgan fingerprint density at radius 2 is 2.17 bits per heavy atom. The summed E-state index contributed by atoms with van der Waals surface area (Å²) in [7, 11) is 0. The molecule has 0 saturated carbocycles. The van der Waals surface area contributed by atoms with Gasteiger partial charge in [-0.2, -0.15) is 0 Å². The molecule has 0 aliphatic carbocycles. The van der Waals surface area contributed by atoms with Crippen molar-refractivity contribution in [3.05, 3.63) is 48.0 Å². The van der Waals surface area contributed by atoms with Crippen LogP contribution in [0, 0.1) is 6.92 Å². The van der Waals surface area contributed by atoms with Crippen molar-refractivity contribution in [1.82, 2.24) is 9.55 Å². The quantitative estimate of drug-likeness (QED) is 0.845. The molecule has 1 aromatic carbocycles. The lowest BCUT2D eigenvalue weighted by Crippen LogP contribution is -2.10. The highest BCUT2D eigenvalue weighted by Gasteiger charge is 2.02. The summed E-state index contributed by atoms with van der Waals surface area (Å²) < 4.78 is 7.81. The molecule has 0 radical (unpaired) electrons. The van der Waals surface area contributed by atoms with Crippen molar-refractivity contribution in [3.8, 4) is 5.75 Å². The van der Waals surface area contributed by atoms with E-state index < -0.39 is 0 Å². The number of rotatable bonds is 6. The molecule has 18 heavy (non-hydrogen) atoms. The fourth-order valence-electron chi connectivity index (χ4n) is 1.87. The number of aliphatic hydroxyl groups excluding tert-OH is 1. The van der Waals surface area contributed by atoms with Crippen molar-refractivity contribution in [3.63, 3.8) is 0 Å². The second-order valence-corrected chi connectivity index (χ2v) is 4.10. The van der Waals surface area contributed by atoms with Crippen LogP contribution in [-0.4, -0.2) is 27.9 Å². The van der Waals surface area contributed by atoms with Gasteiger partial charge < -0.3 is 14.4 Å². The lowest BCUT2D eigenvalue weighted by atomic mass is 10.1. The van der Waals surface area contributed by atoms with Crippen molar-refractivity contribution in [1.29, 1.82) is 0 Å². The molecule has 96 valence electrons. The molecule has 4 heteroatoms. The first kappa shape index (κ1) is 12.6. The lowest BCUT2D eigenvalue weighted by Gasteiger charge is -2.11. The van der Waals surface area contributed by atoms with Crippen LogP contribution >= 0.6 is 0 Å². The summed E-state index contributed by atoms with van der Waals surface area (Å²) in [6, 6.07) is 7.82. The summed E-state index contributed by atoms with van der Waals surface area (Å²) in [6.07, 6.45) is 4.35. The van der Waals surface area contributed by atoms with Gasteiger partial charge in [-0.25, -0.2) is 4.98 Å². The predicted molar refractivity (Wildman–Crippen MR) is 69.7 cm³/mol. The van der Waals surface area contributed by atoms with E-state index in [-0.39, 0.29) is 6.61 Å². The molecule has 0 aliphatic rings. The number of nitrogens with zero attached hydrogens (tertiary/aromatic N) is 2. The van der Waals surface area contributed by atoms with Crippen LogP contribution in [0.2, 0.25) is 0 Å². The molecule has 4 nitrogen and oxygen atoms in total. The topological polar surface area (TPSA) is 47.3 Å². The second kappa shape index (κ2) is 6.21. The minimum absolute atomic E-state index is 0.140. The predicted octanol–water partition coefficient (Wildman–Crippen LogP) is 1.81. The third kappa shape index (κ3) is 3.11. The van der Waals surface area contributed by atoms with Crippen molar-refractivity contribution >= 4 is 0 Å². The molecule has 1 heterocycles. The van der Waals surface area contributed by atoms with E-state index in [9.17, 15) is 0 Å². The molecule has 2 aromatic rings. The Labute approximate surface area is 107 Å². The van der Waals surface area contributed by atoms with Crippen LogP contribution < -0.4 is 4.74 Å². The average molecular weight is 246 g/mol. The Morgan fingerprint density at radius 3 is 2.89 bits per heavy atom. The first-order valence-corrected chi connectivity index (χ1v) is 6.10. The van der Waals surface area contributed by atoms with Gasteiger partial charge in [-0.15, -0.1) is 0 Å². The third-order valence-corrected chi connectivity index (χ3v) is 2.87. The van der Waals surface area contributed by atoms with Crippen molar-refractivity contribution in [2.45, 2.75) is 19.9 Å². The summed E-state index contributed by atoms with van der Waals surface area (Å²) >= 11 is 0. The molecule has 2 rings (SSSR count). The van der Waals surface area contributed by atoms with Crippen LogP contribution in [0.3, 0.4) is 0 Å². The molecule has 0 fully saturated rings. The number of aliphatic hydroxyl groups is 1. The normalized spacial score (nSPS) is 10.6. The molecule has 0 saturated heterocycles. The SMILES string of the molecule is Cc1nccn1CCOc1ccccc1CCO. The number of ether oxygens (including phenoxy) is 1. The minimum Gasteiger partial charge on any atom is -0.491 e. The third-order valence-electron chi connectivity index (χ3n) is 2.87. The first-order valence-electron chi connectivity index (χ1n) is 6.10. The van der Waals surface area contributed by atoms with Crippen LogP contribution in [0.1, 0.15) is 11.4 Å². The molecular weight excluding hydrogens is 228 g/mol. The van der Waals surface area contributed by atoms with Crippen molar-refractivity contribution in [2.75, 3.05) is 13.2 Å². The maximum absolute atomic E-state index is 8.99. The molecule has 0 unspecified atom stereocenters. The molecule has 1 N–H and O–H groups in total. The van der Waals surface area contributed by atoms with Crippen LogP contribution in [0.15, 0.2) is 36.7 Å². The van der Waals surface area contributed by atoms with Crippen LogP contribution in [0.4, 0.5) is 0 Å². The van der Waals surface area contributed by atoms with Gasteiger partial charge in [-0.1, -0.05) is 18.2 Å². The lowest BCUT2D eigenvalue weighted by molar-refractivity contribution is 0.280. The standard InChI is InChI=1S/C14H18N2O2/c1-12-15-7-8-16(12)9-11-18-14-5-3-2-4-13(14)6-10-17/h2-5,7-8,17H,6,9-11H2,1H3. The zero-order valence-electron chi connectivity index (χ0n) is 10.5. The van der Waals surface area contributed by atoms with Gasteiger partial charge in [0.15, 0.2) is 0 Å². The van der Waals surface area contributed by atoms with E-state index in [0.29, 0.717) is 13.0 Å². The maximum atomic E-state index is 8.99. The number of aryl methyl sites for hydroxylation is 1. The molecule has 0 amide bonds. The summed E-state index contributed by atoms with van der Waals surface area (Å²) in [6.45, 7) is 3.49. The second-order valence-electron chi connectivity index (χ2n) is 4.10. The highest BCUT2D eigenvalue weighted by Crippen LogP contribution is 2.18. The summed E-state index contributed by atoms with van der Waals surface area (Å²) in [5, 5.41) is 8.99. The monoisotopic (exact) mass is 246 g/mol. The smallest absolute Gasteiger partial charge is 0.122 e. The highest BCUT2D eigenvalue weighted by atomic mass is 16.5. The number of imidazole rings is 1. The number of para-hydroxylation sites is 1. The maximum Gasteiger partial charge on any atom is 0.122 e. The van der Waals surface area contributed by atoms with E-state index in [2.05, 4.69) is 9.55 Å². The van der Waals surface area contributed by atoms with E-state index in [1.54, 1.807) is 6.20 Å². The van der Waals surface area contributed by atoms with Crippen LogP contribution in [0.25, 0.3) is 0 Å². The van der Waals surface area contributed by atoms with E-state index >= 15 is 0 Å². The van der Waals surface area contributed by atoms with Gasteiger partial charge in [0, 0.05) is 19.0 Å². The van der Waals surface area contributed by atoms with Gasteiger partial charge in [0.2, 0.25) is 0 Å². The van der Waals surface area contributed by atoms with Gasteiger partial charge in [0.25, 0.3) is 0 Å². The summed E-state index contributed by atoms with van der Waals surface area (Å²) in [5.74, 6) is 1.84. The molecule has 0 bridgehead atoms. The molecule has 0 aliphatic heterocycles. The summed E-state index contributed by atoms with van der Waals surface area (Å²) in [4.78, 5) is 4.16. The first-order chi connectivity index (χ1) is 8.81. The Hall–Kier alpha value is -1.81. The van der Waals surface area contributed by atoms with Crippen molar-refractivity contribution in [2.24, 2.45) is 0 Å². The van der Waals surface area contributed by atoms with Gasteiger partial charge in [0.05, 0.1) is 6.54 Å².